The van der Waals surface area contributed by atoms with Crippen LogP contribution in [0.4, 0.5) is 0 Å². The summed E-state index contributed by atoms with van der Waals surface area (Å²) in [5.74, 6) is 0.863. The molecule has 0 aliphatic rings. The molecular weight excluding hydrogens is 212 g/mol. The van der Waals surface area contributed by atoms with Crippen molar-refractivity contribution in [1.82, 2.24) is 0 Å². The number of hydrogen-bond donors (Lipinski definition) is 0. The van der Waals surface area contributed by atoms with Crippen molar-refractivity contribution in [3.05, 3.63) is 35.9 Å². The molecule has 0 radical (unpaired) electrons. The highest BCUT2D eigenvalue weighted by atomic mass is 16.5. The largest absolute Gasteiger partial charge is 0.381 e. The molecule has 1 aromatic rings. The second kappa shape index (κ2) is 6.77. The lowest BCUT2D eigenvalue weighted by Crippen LogP contribution is -2.28. The Kier molecular flexibility index (Phi) is 5.66. The molecule has 0 amide bonds. The molecule has 0 saturated carbocycles. The quantitative estimate of drug-likeness (QED) is 0.750. The SMILES string of the molecule is COC(c1ccccc1)[C@H](C)[C@@H](C)[C@H](C)OC. The monoisotopic (exact) mass is 236 g/mol. The van der Waals surface area contributed by atoms with Gasteiger partial charge in [-0.25, -0.2) is 0 Å². The van der Waals surface area contributed by atoms with Crippen LogP contribution in [0.2, 0.25) is 0 Å². The Morgan fingerprint density at radius 3 is 1.88 bits per heavy atom. The Morgan fingerprint density at radius 2 is 1.41 bits per heavy atom. The smallest absolute Gasteiger partial charge is 0.0850 e. The second-order valence-corrected chi connectivity index (χ2v) is 4.73. The molecule has 0 N–H and O–H groups in total. The predicted molar refractivity (Wildman–Crippen MR) is 71.0 cm³/mol. The molecule has 2 heteroatoms. The Balaban J connectivity index is 2.81. The van der Waals surface area contributed by atoms with Crippen LogP contribution in [0.3, 0.4) is 0 Å². The van der Waals surface area contributed by atoms with E-state index in [1.807, 2.05) is 6.07 Å². The molecule has 1 rings (SSSR count). The average molecular weight is 236 g/mol. The highest BCUT2D eigenvalue weighted by Gasteiger charge is 2.27. The molecule has 0 aliphatic carbocycles. The van der Waals surface area contributed by atoms with Crippen molar-refractivity contribution in [2.75, 3.05) is 14.2 Å². The van der Waals surface area contributed by atoms with Gasteiger partial charge in [0.25, 0.3) is 0 Å². The van der Waals surface area contributed by atoms with Crippen LogP contribution in [0.5, 0.6) is 0 Å². The molecule has 0 fully saturated rings. The van der Waals surface area contributed by atoms with Crippen LogP contribution < -0.4 is 0 Å². The van der Waals surface area contributed by atoms with Crippen molar-refractivity contribution in [2.45, 2.75) is 33.0 Å². The van der Waals surface area contributed by atoms with Crippen molar-refractivity contribution in [1.29, 1.82) is 0 Å². The molecule has 0 bridgehead atoms. The zero-order valence-corrected chi connectivity index (χ0v) is 11.5. The summed E-state index contributed by atoms with van der Waals surface area (Å²) in [7, 11) is 3.54. The van der Waals surface area contributed by atoms with Gasteiger partial charge in [-0.2, -0.15) is 0 Å². The molecule has 0 aliphatic heterocycles. The fourth-order valence-electron chi connectivity index (χ4n) is 2.21. The van der Waals surface area contributed by atoms with Crippen molar-refractivity contribution in [3.63, 3.8) is 0 Å². The molecule has 0 saturated heterocycles. The maximum absolute atomic E-state index is 5.66. The van der Waals surface area contributed by atoms with Gasteiger partial charge < -0.3 is 9.47 Å². The third-order valence-electron chi connectivity index (χ3n) is 3.80. The highest BCUT2D eigenvalue weighted by Crippen LogP contribution is 2.32. The van der Waals surface area contributed by atoms with E-state index < -0.39 is 0 Å². The molecule has 1 aromatic carbocycles. The third kappa shape index (κ3) is 3.55. The topological polar surface area (TPSA) is 18.5 Å². The number of ether oxygens (including phenoxy) is 2. The van der Waals surface area contributed by atoms with Gasteiger partial charge in [0.1, 0.15) is 0 Å². The number of benzene rings is 1. The van der Waals surface area contributed by atoms with Gasteiger partial charge in [0.2, 0.25) is 0 Å². The molecule has 1 unspecified atom stereocenters. The zero-order chi connectivity index (χ0) is 12.8. The van der Waals surface area contributed by atoms with E-state index in [0.717, 1.165) is 0 Å². The normalized spacial score (nSPS) is 18.4. The lowest BCUT2D eigenvalue weighted by Gasteiger charge is -2.31. The third-order valence-corrected chi connectivity index (χ3v) is 3.80. The van der Waals surface area contributed by atoms with E-state index in [9.17, 15) is 0 Å². The summed E-state index contributed by atoms with van der Waals surface area (Å²) >= 11 is 0. The van der Waals surface area contributed by atoms with E-state index in [-0.39, 0.29) is 12.2 Å². The lowest BCUT2D eigenvalue weighted by molar-refractivity contribution is -0.0131. The van der Waals surface area contributed by atoms with Crippen LogP contribution in [0.1, 0.15) is 32.4 Å². The molecule has 0 aromatic heterocycles. The van der Waals surface area contributed by atoms with E-state index in [2.05, 4.69) is 45.0 Å². The van der Waals surface area contributed by atoms with Crippen LogP contribution in [0, 0.1) is 11.8 Å². The molecular formula is C15H24O2. The minimum Gasteiger partial charge on any atom is -0.381 e. The van der Waals surface area contributed by atoms with Gasteiger partial charge in [-0.15, -0.1) is 0 Å². The van der Waals surface area contributed by atoms with E-state index in [1.165, 1.54) is 5.56 Å². The van der Waals surface area contributed by atoms with Crippen LogP contribution in [0.25, 0.3) is 0 Å². The lowest BCUT2D eigenvalue weighted by atomic mass is 9.84. The first-order valence-corrected chi connectivity index (χ1v) is 6.22. The van der Waals surface area contributed by atoms with Gasteiger partial charge in [0.15, 0.2) is 0 Å². The molecule has 0 spiro atoms. The minimum absolute atomic E-state index is 0.129. The van der Waals surface area contributed by atoms with E-state index in [0.29, 0.717) is 11.8 Å². The number of methoxy groups -OCH3 is 2. The zero-order valence-electron chi connectivity index (χ0n) is 11.5. The predicted octanol–water partition coefficient (Wildman–Crippen LogP) is 3.68. The van der Waals surface area contributed by atoms with Gasteiger partial charge in [0, 0.05) is 14.2 Å². The Hall–Kier alpha value is -0.860. The number of hydrogen-bond acceptors (Lipinski definition) is 2. The summed E-state index contributed by atoms with van der Waals surface area (Å²) in [4.78, 5) is 0. The Morgan fingerprint density at radius 1 is 0.824 bits per heavy atom. The first-order valence-electron chi connectivity index (χ1n) is 6.22. The Labute approximate surface area is 105 Å². The van der Waals surface area contributed by atoms with Crippen LogP contribution in [-0.4, -0.2) is 20.3 Å². The van der Waals surface area contributed by atoms with E-state index in [4.69, 9.17) is 9.47 Å². The summed E-state index contributed by atoms with van der Waals surface area (Å²) in [6.45, 7) is 6.55. The molecule has 17 heavy (non-hydrogen) atoms. The highest BCUT2D eigenvalue weighted by molar-refractivity contribution is 5.18. The average Bonchev–Trinajstić information content (AvgIpc) is 2.38. The minimum atomic E-state index is 0.129. The maximum atomic E-state index is 5.66. The van der Waals surface area contributed by atoms with Gasteiger partial charge in [0.05, 0.1) is 12.2 Å². The summed E-state index contributed by atoms with van der Waals surface area (Å²) in [6.07, 6.45) is 0.371. The molecule has 96 valence electrons. The fourth-order valence-corrected chi connectivity index (χ4v) is 2.21. The molecule has 4 atom stereocenters. The van der Waals surface area contributed by atoms with Crippen molar-refractivity contribution in [3.8, 4) is 0 Å². The van der Waals surface area contributed by atoms with Crippen molar-refractivity contribution in [2.24, 2.45) is 11.8 Å². The fraction of sp³-hybridized carbons (Fsp3) is 0.600. The molecule has 2 nitrogen and oxygen atoms in total. The summed E-state index contributed by atoms with van der Waals surface area (Å²) in [5, 5.41) is 0. The van der Waals surface area contributed by atoms with E-state index >= 15 is 0 Å². The number of rotatable bonds is 6. The van der Waals surface area contributed by atoms with Gasteiger partial charge in [-0.05, 0) is 24.3 Å². The van der Waals surface area contributed by atoms with Crippen LogP contribution in [0.15, 0.2) is 30.3 Å². The first kappa shape index (κ1) is 14.2. The maximum Gasteiger partial charge on any atom is 0.0850 e. The molecule has 0 heterocycles. The van der Waals surface area contributed by atoms with Gasteiger partial charge in [-0.3, -0.25) is 0 Å². The Bertz CT molecular complexity index is 310. The van der Waals surface area contributed by atoms with Crippen LogP contribution in [-0.2, 0) is 9.47 Å². The van der Waals surface area contributed by atoms with Crippen molar-refractivity contribution < 1.29 is 9.47 Å². The second-order valence-electron chi connectivity index (χ2n) is 4.73. The van der Waals surface area contributed by atoms with Crippen LogP contribution >= 0.6 is 0 Å². The van der Waals surface area contributed by atoms with Crippen molar-refractivity contribution >= 4 is 0 Å². The summed E-state index contributed by atoms with van der Waals surface area (Å²) in [6, 6.07) is 10.4. The first-order chi connectivity index (χ1) is 8.11. The van der Waals surface area contributed by atoms with Gasteiger partial charge in [-0.1, -0.05) is 44.2 Å². The summed E-state index contributed by atoms with van der Waals surface area (Å²) in [5.41, 5.74) is 1.23. The summed E-state index contributed by atoms with van der Waals surface area (Å²) < 4.78 is 11.1. The van der Waals surface area contributed by atoms with E-state index in [1.54, 1.807) is 14.2 Å². The van der Waals surface area contributed by atoms with Gasteiger partial charge >= 0.3 is 0 Å². The standard InChI is InChI=1S/C15H24O2/c1-11(13(3)16-4)12(2)15(17-5)14-9-7-6-8-10-14/h6-13,15H,1-5H3/t11-,12-,13+,15?/m1/s1.